The van der Waals surface area contributed by atoms with E-state index in [9.17, 15) is 4.79 Å². The number of carboxylic acid groups (broad SMARTS) is 1. The first-order valence-corrected chi connectivity index (χ1v) is 5.79. The van der Waals surface area contributed by atoms with Crippen molar-refractivity contribution < 1.29 is 14.6 Å². The summed E-state index contributed by atoms with van der Waals surface area (Å²) in [5, 5.41) is 9.12. The van der Waals surface area contributed by atoms with Crippen LogP contribution in [0, 0.1) is 5.41 Å². The summed E-state index contributed by atoms with van der Waals surface area (Å²) in [6, 6.07) is 5.94. The maximum absolute atomic E-state index is 11.1. The highest BCUT2D eigenvalue weighted by atomic mass is 16.5. The first-order chi connectivity index (χ1) is 7.89. The molecule has 0 aliphatic heterocycles. The standard InChI is InChI=1S/C14H20O3/c1-5-10-6-11(8-12(7-10)17-4)9-14(2,3)13(15)16/h6-8H,5,9H2,1-4H3,(H,15,16). The highest BCUT2D eigenvalue weighted by molar-refractivity contribution is 5.74. The number of aliphatic carboxylic acids is 1. The first kappa shape index (κ1) is 13.6. The first-order valence-electron chi connectivity index (χ1n) is 5.79. The van der Waals surface area contributed by atoms with E-state index >= 15 is 0 Å². The number of aryl methyl sites for hydroxylation is 1. The van der Waals surface area contributed by atoms with Crippen LogP contribution in [-0.4, -0.2) is 18.2 Å². The lowest BCUT2D eigenvalue weighted by atomic mass is 9.85. The van der Waals surface area contributed by atoms with Gasteiger partial charge in [0.1, 0.15) is 5.75 Å². The number of methoxy groups -OCH3 is 1. The average molecular weight is 236 g/mol. The number of carboxylic acids is 1. The fraction of sp³-hybridized carbons (Fsp3) is 0.500. The average Bonchev–Trinajstić information content (AvgIpc) is 2.27. The van der Waals surface area contributed by atoms with Gasteiger partial charge in [0.2, 0.25) is 0 Å². The van der Waals surface area contributed by atoms with Crippen LogP contribution in [0.2, 0.25) is 0 Å². The number of rotatable bonds is 5. The summed E-state index contributed by atoms with van der Waals surface area (Å²) in [5.41, 5.74) is 1.42. The molecule has 0 saturated heterocycles. The van der Waals surface area contributed by atoms with Crippen LogP contribution in [0.5, 0.6) is 5.75 Å². The van der Waals surface area contributed by atoms with E-state index in [1.54, 1.807) is 21.0 Å². The van der Waals surface area contributed by atoms with Gasteiger partial charge in [0.05, 0.1) is 12.5 Å². The Morgan fingerprint density at radius 1 is 1.29 bits per heavy atom. The molecular formula is C14H20O3. The molecule has 0 radical (unpaired) electrons. The van der Waals surface area contributed by atoms with Gasteiger partial charge in [-0.1, -0.05) is 13.0 Å². The summed E-state index contributed by atoms with van der Waals surface area (Å²) in [6.45, 7) is 5.54. The molecular weight excluding hydrogens is 216 g/mol. The lowest BCUT2D eigenvalue weighted by molar-refractivity contribution is -0.146. The molecule has 17 heavy (non-hydrogen) atoms. The zero-order chi connectivity index (χ0) is 13.1. The molecule has 0 fully saturated rings. The fourth-order valence-electron chi connectivity index (χ4n) is 1.74. The molecule has 0 bridgehead atoms. The van der Waals surface area contributed by atoms with Gasteiger partial charge in [0, 0.05) is 0 Å². The summed E-state index contributed by atoms with van der Waals surface area (Å²) < 4.78 is 5.22. The van der Waals surface area contributed by atoms with Gasteiger partial charge in [0.25, 0.3) is 0 Å². The Labute approximate surface area is 102 Å². The van der Waals surface area contributed by atoms with Crippen molar-refractivity contribution in [2.45, 2.75) is 33.6 Å². The lowest BCUT2D eigenvalue weighted by Crippen LogP contribution is -2.26. The molecule has 0 aliphatic carbocycles. The van der Waals surface area contributed by atoms with Crippen molar-refractivity contribution in [2.75, 3.05) is 7.11 Å². The third-order valence-corrected chi connectivity index (χ3v) is 2.90. The van der Waals surface area contributed by atoms with Gasteiger partial charge in [-0.25, -0.2) is 0 Å². The second kappa shape index (κ2) is 5.21. The Kier molecular flexibility index (Phi) is 4.16. The SMILES string of the molecule is CCc1cc(CC(C)(C)C(=O)O)cc(OC)c1. The van der Waals surface area contributed by atoms with Crippen molar-refractivity contribution in [3.63, 3.8) is 0 Å². The third-order valence-electron chi connectivity index (χ3n) is 2.90. The molecule has 1 N–H and O–H groups in total. The van der Waals surface area contributed by atoms with Crippen LogP contribution >= 0.6 is 0 Å². The molecule has 0 aromatic heterocycles. The normalized spacial score (nSPS) is 11.3. The maximum Gasteiger partial charge on any atom is 0.309 e. The Hall–Kier alpha value is -1.51. The number of carbonyl (C=O) groups is 1. The predicted octanol–water partition coefficient (Wildman–Crippen LogP) is 2.91. The number of benzene rings is 1. The molecule has 1 rings (SSSR count). The van der Waals surface area contributed by atoms with Gasteiger partial charge in [-0.05, 0) is 49.9 Å². The van der Waals surface area contributed by atoms with Crippen LogP contribution in [-0.2, 0) is 17.6 Å². The summed E-state index contributed by atoms with van der Waals surface area (Å²) >= 11 is 0. The molecule has 0 amide bonds. The van der Waals surface area contributed by atoms with E-state index in [4.69, 9.17) is 9.84 Å². The van der Waals surface area contributed by atoms with Crippen LogP contribution in [0.15, 0.2) is 18.2 Å². The molecule has 3 nitrogen and oxygen atoms in total. The van der Waals surface area contributed by atoms with E-state index in [0.29, 0.717) is 6.42 Å². The lowest BCUT2D eigenvalue weighted by Gasteiger charge is -2.19. The summed E-state index contributed by atoms with van der Waals surface area (Å²) in [4.78, 5) is 11.1. The van der Waals surface area contributed by atoms with Crippen molar-refractivity contribution in [3.8, 4) is 5.75 Å². The van der Waals surface area contributed by atoms with E-state index in [1.807, 2.05) is 18.2 Å². The summed E-state index contributed by atoms with van der Waals surface area (Å²) in [6.07, 6.45) is 1.42. The van der Waals surface area contributed by atoms with Crippen molar-refractivity contribution in [2.24, 2.45) is 5.41 Å². The van der Waals surface area contributed by atoms with E-state index in [1.165, 1.54) is 5.56 Å². The van der Waals surface area contributed by atoms with E-state index < -0.39 is 11.4 Å². The summed E-state index contributed by atoms with van der Waals surface area (Å²) in [7, 11) is 1.63. The van der Waals surface area contributed by atoms with Gasteiger partial charge in [-0.2, -0.15) is 0 Å². The van der Waals surface area contributed by atoms with Crippen molar-refractivity contribution in [3.05, 3.63) is 29.3 Å². The topological polar surface area (TPSA) is 46.5 Å². The minimum absolute atomic E-state index is 0.506. The van der Waals surface area contributed by atoms with Crippen molar-refractivity contribution >= 4 is 5.97 Å². The molecule has 0 saturated carbocycles. The van der Waals surface area contributed by atoms with Crippen LogP contribution in [0.1, 0.15) is 31.9 Å². The van der Waals surface area contributed by atoms with E-state index in [-0.39, 0.29) is 0 Å². The third kappa shape index (κ3) is 3.48. The molecule has 0 spiro atoms. The van der Waals surface area contributed by atoms with Crippen LogP contribution in [0.3, 0.4) is 0 Å². The highest BCUT2D eigenvalue weighted by Gasteiger charge is 2.27. The Morgan fingerprint density at radius 2 is 1.88 bits per heavy atom. The van der Waals surface area contributed by atoms with Gasteiger partial charge in [-0.15, -0.1) is 0 Å². The van der Waals surface area contributed by atoms with Crippen molar-refractivity contribution in [1.82, 2.24) is 0 Å². The summed E-state index contributed by atoms with van der Waals surface area (Å²) in [5.74, 6) is 0.0129. The van der Waals surface area contributed by atoms with Crippen LogP contribution < -0.4 is 4.74 Å². The zero-order valence-corrected chi connectivity index (χ0v) is 10.9. The smallest absolute Gasteiger partial charge is 0.309 e. The molecule has 1 aromatic rings. The largest absolute Gasteiger partial charge is 0.497 e. The molecule has 0 heterocycles. The van der Waals surface area contributed by atoms with E-state index in [0.717, 1.165) is 17.7 Å². The second-order valence-electron chi connectivity index (χ2n) is 4.91. The Morgan fingerprint density at radius 3 is 2.35 bits per heavy atom. The van der Waals surface area contributed by atoms with Crippen molar-refractivity contribution in [1.29, 1.82) is 0 Å². The van der Waals surface area contributed by atoms with Gasteiger partial charge < -0.3 is 9.84 Å². The van der Waals surface area contributed by atoms with E-state index in [2.05, 4.69) is 6.92 Å². The van der Waals surface area contributed by atoms with Gasteiger partial charge in [-0.3, -0.25) is 4.79 Å². The number of hydrogen-bond acceptors (Lipinski definition) is 2. The van der Waals surface area contributed by atoms with Crippen LogP contribution in [0.4, 0.5) is 0 Å². The van der Waals surface area contributed by atoms with Crippen LogP contribution in [0.25, 0.3) is 0 Å². The molecule has 0 atom stereocenters. The maximum atomic E-state index is 11.1. The van der Waals surface area contributed by atoms with Gasteiger partial charge in [0.15, 0.2) is 0 Å². The quantitative estimate of drug-likeness (QED) is 0.855. The molecule has 0 aliphatic rings. The minimum atomic E-state index is -0.779. The minimum Gasteiger partial charge on any atom is -0.497 e. The number of hydrogen-bond donors (Lipinski definition) is 1. The zero-order valence-electron chi connectivity index (χ0n) is 10.9. The highest BCUT2D eigenvalue weighted by Crippen LogP contribution is 2.26. The fourth-order valence-corrected chi connectivity index (χ4v) is 1.74. The predicted molar refractivity (Wildman–Crippen MR) is 67.5 cm³/mol. The Balaban J connectivity index is 3.02. The monoisotopic (exact) mass is 236 g/mol. The number of ether oxygens (including phenoxy) is 1. The molecule has 0 unspecified atom stereocenters. The second-order valence-corrected chi connectivity index (χ2v) is 4.91. The molecule has 94 valence electrons. The van der Waals surface area contributed by atoms with Gasteiger partial charge >= 0.3 is 5.97 Å². The molecule has 3 heteroatoms. The Bertz CT molecular complexity index is 386. The molecule has 1 aromatic carbocycles.